The SMILES string of the molecule is Cc1ccc(CC2(CO)CCNCC2)c(Cl)c1. The molecule has 17 heavy (non-hydrogen) atoms. The van der Waals surface area contributed by atoms with Gasteiger partial charge in [0.25, 0.3) is 0 Å². The number of rotatable bonds is 3. The van der Waals surface area contributed by atoms with E-state index in [2.05, 4.69) is 17.4 Å². The fourth-order valence-electron chi connectivity index (χ4n) is 2.55. The van der Waals surface area contributed by atoms with E-state index < -0.39 is 0 Å². The molecule has 2 nitrogen and oxygen atoms in total. The minimum atomic E-state index is 0.0180. The third-order valence-corrected chi connectivity index (χ3v) is 4.13. The Morgan fingerprint density at radius 3 is 2.65 bits per heavy atom. The largest absolute Gasteiger partial charge is 0.396 e. The van der Waals surface area contributed by atoms with E-state index in [1.54, 1.807) is 0 Å². The Bertz CT molecular complexity index is 386. The van der Waals surface area contributed by atoms with Gasteiger partial charge in [-0.2, -0.15) is 0 Å². The smallest absolute Gasteiger partial charge is 0.0491 e. The average molecular weight is 254 g/mol. The molecule has 1 saturated heterocycles. The highest BCUT2D eigenvalue weighted by Crippen LogP contribution is 2.34. The minimum absolute atomic E-state index is 0.0180. The molecule has 1 aliphatic heterocycles. The molecule has 1 heterocycles. The lowest BCUT2D eigenvalue weighted by Gasteiger charge is -2.36. The standard InChI is InChI=1S/C14H20ClNO/c1-11-2-3-12(13(15)8-11)9-14(10-17)4-6-16-7-5-14/h2-3,8,16-17H,4-7,9-10H2,1H3. The molecule has 1 aliphatic rings. The molecule has 1 aromatic rings. The average Bonchev–Trinajstić information content (AvgIpc) is 2.34. The Morgan fingerprint density at radius 1 is 1.35 bits per heavy atom. The summed E-state index contributed by atoms with van der Waals surface area (Å²) in [5.74, 6) is 0. The molecule has 1 fully saturated rings. The van der Waals surface area contributed by atoms with E-state index in [4.69, 9.17) is 11.6 Å². The van der Waals surface area contributed by atoms with Gasteiger partial charge in [-0.05, 0) is 61.9 Å². The Labute approximate surface area is 108 Å². The van der Waals surface area contributed by atoms with Crippen LogP contribution in [0, 0.1) is 12.3 Å². The predicted octanol–water partition coefficient (Wildman–Crippen LogP) is 2.55. The van der Waals surface area contributed by atoms with Crippen molar-refractivity contribution >= 4 is 11.6 Å². The lowest BCUT2D eigenvalue weighted by atomic mass is 9.75. The molecule has 2 rings (SSSR count). The molecular weight excluding hydrogens is 234 g/mol. The van der Waals surface area contributed by atoms with Gasteiger partial charge in [-0.25, -0.2) is 0 Å². The first-order chi connectivity index (χ1) is 8.15. The lowest BCUT2D eigenvalue weighted by Crippen LogP contribution is -2.40. The molecule has 3 heteroatoms. The summed E-state index contributed by atoms with van der Waals surface area (Å²) in [5, 5.41) is 13.8. The van der Waals surface area contributed by atoms with Crippen LogP contribution in [0.1, 0.15) is 24.0 Å². The zero-order valence-electron chi connectivity index (χ0n) is 10.3. The molecule has 0 bridgehead atoms. The summed E-state index contributed by atoms with van der Waals surface area (Å²) in [6.07, 6.45) is 2.92. The second-order valence-corrected chi connectivity index (χ2v) is 5.59. The maximum absolute atomic E-state index is 9.68. The number of aliphatic hydroxyl groups is 1. The van der Waals surface area contributed by atoms with Crippen LogP contribution < -0.4 is 5.32 Å². The van der Waals surface area contributed by atoms with E-state index in [0.29, 0.717) is 0 Å². The first kappa shape index (κ1) is 12.9. The minimum Gasteiger partial charge on any atom is -0.396 e. The monoisotopic (exact) mass is 253 g/mol. The van der Waals surface area contributed by atoms with Crippen LogP contribution in [0.4, 0.5) is 0 Å². The second kappa shape index (κ2) is 5.38. The maximum Gasteiger partial charge on any atom is 0.0491 e. The van der Waals surface area contributed by atoms with Gasteiger partial charge in [0, 0.05) is 11.6 Å². The van der Waals surface area contributed by atoms with E-state index in [0.717, 1.165) is 42.9 Å². The third-order valence-electron chi connectivity index (χ3n) is 3.77. The van der Waals surface area contributed by atoms with Crippen LogP contribution in [0.5, 0.6) is 0 Å². The number of piperidine rings is 1. The summed E-state index contributed by atoms with van der Waals surface area (Å²) < 4.78 is 0. The van der Waals surface area contributed by atoms with Crippen LogP contribution in [0.3, 0.4) is 0 Å². The van der Waals surface area contributed by atoms with Crippen LogP contribution in [0.25, 0.3) is 0 Å². The normalized spacial score (nSPS) is 19.2. The molecular formula is C14H20ClNO. The Morgan fingerprint density at radius 2 is 2.06 bits per heavy atom. The molecule has 2 N–H and O–H groups in total. The maximum atomic E-state index is 9.68. The van der Waals surface area contributed by atoms with Gasteiger partial charge in [-0.15, -0.1) is 0 Å². The second-order valence-electron chi connectivity index (χ2n) is 5.18. The van der Waals surface area contributed by atoms with Crippen molar-refractivity contribution in [3.63, 3.8) is 0 Å². The van der Waals surface area contributed by atoms with Gasteiger partial charge in [-0.1, -0.05) is 23.7 Å². The summed E-state index contributed by atoms with van der Waals surface area (Å²) in [4.78, 5) is 0. The lowest BCUT2D eigenvalue weighted by molar-refractivity contribution is 0.0893. The third kappa shape index (κ3) is 3.01. The number of aliphatic hydroxyl groups excluding tert-OH is 1. The highest BCUT2D eigenvalue weighted by molar-refractivity contribution is 6.31. The van der Waals surface area contributed by atoms with E-state index in [9.17, 15) is 5.11 Å². The van der Waals surface area contributed by atoms with Crippen LogP contribution >= 0.6 is 11.6 Å². The first-order valence-electron chi connectivity index (χ1n) is 6.22. The summed E-state index contributed by atoms with van der Waals surface area (Å²) in [6.45, 7) is 4.27. The van der Waals surface area contributed by atoms with Crippen molar-refractivity contribution in [1.82, 2.24) is 5.32 Å². The van der Waals surface area contributed by atoms with E-state index in [1.807, 2.05) is 13.0 Å². The summed E-state index contributed by atoms with van der Waals surface area (Å²) in [5.41, 5.74) is 2.36. The quantitative estimate of drug-likeness (QED) is 0.868. The van der Waals surface area contributed by atoms with Crippen LogP contribution in [0.2, 0.25) is 5.02 Å². The Hall–Kier alpha value is -0.570. The number of nitrogens with one attached hydrogen (secondary N) is 1. The van der Waals surface area contributed by atoms with Gasteiger partial charge >= 0.3 is 0 Å². The van der Waals surface area contributed by atoms with Gasteiger partial charge in [0.05, 0.1) is 0 Å². The topological polar surface area (TPSA) is 32.3 Å². The number of hydrogen-bond acceptors (Lipinski definition) is 2. The molecule has 0 aliphatic carbocycles. The molecule has 0 radical (unpaired) electrons. The van der Waals surface area contributed by atoms with Crippen molar-refractivity contribution in [3.8, 4) is 0 Å². The molecule has 1 aromatic carbocycles. The van der Waals surface area contributed by atoms with E-state index >= 15 is 0 Å². The summed E-state index contributed by atoms with van der Waals surface area (Å²) in [6, 6.07) is 6.19. The number of halogens is 1. The molecule has 0 unspecified atom stereocenters. The Kier molecular flexibility index (Phi) is 4.08. The van der Waals surface area contributed by atoms with Gasteiger partial charge in [-0.3, -0.25) is 0 Å². The van der Waals surface area contributed by atoms with Crippen molar-refractivity contribution in [3.05, 3.63) is 34.3 Å². The van der Waals surface area contributed by atoms with Crippen molar-refractivity contribution in [2.24, 2.45) is 5.41 Å². The fourth-order valence-corrected chi connectivity index (χ4v) is 2.85. The molecule has 0 atom stereocenters. The van der Waals surface area contributed by atoms with Crippen molar-refractivity contribution in [2.45, 2.75) is 26.2 Å². The van der Waals surface area contributed by atoms with Crippen molar-refractivity contribution in [2.75, 3.05) is 19.7 Å². The zero-order chi connectivity index (χ0) is 12.3. The van der Waals surface area contributed by atoms with Crippen LogP contribution in [-0.4, -0.2) is 24.8 Å². The molecule has 94 valence electrons. The molecule has 0 saturated carbocycles. The highest BCUT2D eigenvalue weighted by Gasteiger charge is 2.31. The molecule has 0 spiro atoms. The van der Waals surface area contributed by atoms with Crippen LogP contribution in [0.15, 0.2) is 18.2 Å². The van der Waals surface area contributed by atoms with E-state index in [-0.39, 0.29) is 12.0 Å². The summed E-state index contributed by atoms with van der Waals surface area (Å²) in [7, 11) is 0. The summed E-state index contributed by atoms with van der Waals surface area (Å²) >= 11 is 6.27. The van der Waals surface area contributed by atoms with Crippen molar-refractivity contribution in [1.29, 1.82) is 0 Å². The highest BCUT2D eigenvalue weighted by atomic mass is 35.5. The van der Waals surface area contributed by atoms with Crippen LogP contribution in [-0.2, 0) is 6.42 Å². The number of hydrogen-bond donors (Lipinski definition) is 2. The molecule has 0 aromatic heterocycles. The molecule has 0 amide bonds. The van der Waals surface area contributed by atoms with Gasteiger partial charge in [0.2, 0.25) is 0 Å². The Balaban J connectivity index is 2.17. The first-order valence-corrected chi connectivity index (χ1v) is 6.60. The predicted molar refractivity (Wildman–Crippen MR) is 71.5 cm³/mol. The number of aryl methyl sites for hydroxylation is 1. The van der Waals surface area contributed by atoms with Gasteiger partial charge in [0.15, 0.2) is 0 Å². The van der Waals surface area contributed by atoms with Crippen molar-refractivity contribution < 1.29 is 5.11 Å². The van der Waals surface area contributed by atoms with E-state index in [1.165, 1.54) is 5.56 Å². The van der Waals surface area contributed by atoms with Gasteiger partial charge < -0.3 is 10.4 Å². The number of benzene rings is 1. The fraction of sp³-hybridized carbons (Fsp3) is 0.571. The zero-order valence-corrected chi connectivity index (χ0v) is 11.1. The van der Waals surface area contributed by atoms with Gasteiger partial charge in [0.1, 0.15) is 0 Å².